The first-order valence-electron chi connectivity index (χ1n) is 16.2. The first kappa shape index (κ1) is 35.8. The zero-order valence-corrected chi connectivity index (χ0v) is 28.1. The molecule has 0 spiro atoms. The molecule has 0 radical (unpaired) electrons. The summed E-state index contributed by atoms with van der Waals surface area (Å²) in [4.78, 5) is 44.8. The molecule has 254 valence electrons. The van der Waals surface area contributed by atoms with Gasteiger partial charge in [0.25, 0.3) is 0 Å². The van der Waals surface area contributed by atoms with Crippen LogP contribution >= 0.6 is 0 Å². The van der Waals surface area contributed by atoms with E-state index < -0.39 is 18.2 Å². The zero-order chi connectivity index (χ0) is 34.7. The van der Waals surface area contributed by atoms with Gasteiger partial charge in [0.2, 0.25) is 11.8 Å². The molecule has 4 amide bonds. The molecular weight excluding hydrogens is 606 g/mol. The van der Waals surface area contributed by atoms with Crippen molar-refractivity contribution < 1.29 is 24.2 Å². The van der Waals surface area contributed by atoms with Gasteiger partial charge < -0.3 is 35.6 Å². The Hall–Kier alpha value is -5.09. The monoisotopic (exact) mass is 653 g/mol. The standard InChI is InChI=1S/C38H47N5O5/c1-6-20-39-24-34(45)43-32(22-27-16-18-30(44)19-17-27)36(46)42(26-33(43)41-37(47)40-23-28-12-9-8-10-13-28)25-29-14-11-15-31(38(3,4)5)35(29)48-21-7-2/h6-19,32-33,39,44H,1-2,20-26H2,3-5H3,(H2,40,41,47)/t32-,33+/m0/s1. The second-order valence-corrected chi connectivity index (χ2v) is 12.8. The van der Waals surface area contributed by atoms with Crippen molar-refractivity contribution in [3.8, 4) is 11.5 Å². The fraction of sp³-hybridized carbons (Fsp3) is 0.342. The molecule has 1 heterocycles. The van der Waals surface area contributed by atoms with Gasteiger partial charge in [-0.3, -0.25) is 9.59 Å². The van der Waals surface area contributed by atoms with Crippen LogP contribution in [-0.2, 0) is 34.5 Å². The summed E-state index contributed by atoms with van der Waals surface area (Å²) >= 11 is 0. The minimum Gasteiger partial charge on any atom is -0.508 e. The predicted octanol–water partition coefficient (Wildman–Crippen LogP) is 4.64. The van der Waals surface area contributed by atoms with E-state index in [1.165, 1.54) is 4.90 Å². The van der Waals surface area contributed by atoms with E-state index in [4.69, 9.17) is 4.74 Å². The number of phenolic OH excluding ortho intramolecular Hbond substituents is 1. The summed E-state index contributed by atoms with van der Waals surface area (Å²) in [5, 5.41) is 18.8. The molecule has 1 fully saturated rings. The number of carbonyl (C=O) groups is 3. The maximum Gasteiger partial charge on any atom is 0.316 e. The molecule has 0 aliphatic carbocycles. The lowest BCUT2D eigenvalue weighted by atomic mass is 9.85. The van der Waals surface area contributed by atoms with E-state index in [2.05, 4.69) is 49.9 Å². The Balaban J connectivity index is 1.71. The third kappa shape index (κ3) is 9.48. The normalized spacial score (nSPS) is 16.3. The minimum atomic E-state index is -0.941. The van der Waals surface area contributed by atoms with Crippen molar-refractivity contribution in [2.45, 2.75) is 57.9 Å². The van der Waals surface area contributed by atoms with Crippen LogP contribution in [-0.4, -0.2) is 71.2 Å². The molecule has 1 saturated heterocycles. The molecule has 1 aliphatic heterocycles. The van der Waals surface area contributed by atoms with Gasteiger partial charge in [-0.25, -0.2) is 4.79 Å². The Bertz CT molecular complexity index is 1570. The molecule has 48 heavy (non-hydrogen) atoms. The first-order chi connectivity index (χ1) is 23.0. The molecule has 10 nitrogen and oxygen atoms in total. The van der Waals surface area contributed by atoms with Gasteiger partial charge in [0.05, 0.1) is 13.1 Å². The predicted molar refractivity (Wildman–Crippen MR) is 187 cm³/mol. The Morgan fingerprint density at radius 2 is 1.71 bits per heavy atom. The number of urea groups is 1. The van der Waals surface area contributed by atoms with Gasteiger partial charge in [-0.15, -0.1) is 6.58 Å². The maximum atomic E-state index is 14.5. The third-order valence-corrected chi connectivity index (χ3v) is 8.08. The molecule has 4 rings (SSSR count). The lowest BCUT2D eigenvalue weighted by Gasteiger charge is -2.46. The molecule has 0 bridgehead atoms. The van der Waals surface area contributed by atoms with Crippen LogP contribution in [0, 0.1) is 0 Å². The number of piperazine rings is 1. The Morgan fingerprint density at radius 1 is 0.979 bits per heavy atom. The fourth-order valence-electron chi connectivity index (χ4n) is 5.75. The number of benzene rings is 3. The highest BCUT2D eigenvalue weighted by Crippen LogP contribution is 2.35. The van der Waals surface area contributed by atoms with E-state index in [1.54, 1.807) is 41.3 Å². The van der Waals surface area contributed by atoms with Crippen molar-refractivity contribution in [3.05, 3.63) is 120 Å². The van der Waals surface area contributed by atoms with Crippen LogP contribution in [0.2, 0.25) is 0 Å². The molecule has 2 atom stereocenters. The van der Waals surface area contributed by atoms with Gasteiger partial charge in [0.15, 0.2) is 0 Å². The van der Waals surface area contributed by atoms with Crippen LogP contribution in [0.1, 0.15) is 43.0 Å². The van der Waals surface area contributed by atoms with Gasteiger partial charge >= 0.3 is 6.03 Å². The SMILES string of the molecule is C=CCNCC(=O)N1[C@@H](NC(=O)NCc2ccccc2)CN(Cc2cccc(C(C)(C)C)c2OCC=C)C(=O)[C@@H]1Cc1ccc(O)cc1. The van der Waals surface area contributed by atoms with Gasteiger partial charge in [0.1, 0.15) is 30.3 Å². The molecule has 3 aromatic carbocycles. The van der Waals surface area contributed by atoms with E-state index in [1.807, 2.05) is 48.5 Å². The van der Waals surface area contributed by atoms with E-state index in [0.29, 0.717) is 18.9 Å². The van der Waals surface area contributed by atoms with Crippen LogP contribution in [0.25, 0.3) is 0 Å². The number of phenols is 1. The highest BCUT2D eigenvalue weighted by Gasteiger charge is 2.44. The average Bonchev–Trinajstić information content (AvgIpc) is 3.06. The smallest absolute Gasteiger partial charge is 0.316 e. The molecule has 10 heteroatoms. The summed E-state index contributed by atoms with van der Waals surface area (Å²) in [5.74, 6) is 0.174. The van der Waals surface area contributed by atoms with E-state index in [-0.39, 0.29) is 55.6 Å². The van der Waals surface area contributed by atoms with Crippen LogP contribution in [0.3, 0.4) is 0 Å². The van der Waals surface area contributed by atoms with Crippen molar-refractivity contribution in [3.63, 3.8) is 0 Å². The summed E-state index contributed by atoms with van der Waals surface area (Å²) in [6, 6.07) is 20.6. The third-order valence-electron chi connectivity index (χ3n) is 8.08. The number of hydrogen-bond acceptors (Lipinski definition) is 6. The Kier molecular flexibility index (Phi) is 12.4. The second kappa shape index (κ2) is 16.6. The number of carbonyl (C=O) groups excluding carboxylic acids is 3. The molecule has 3 aromatic rings. The van der Waals surface area contributed by atoms with Crippen LogP contribution in [0.5, 0.6) is 11.5 Å². The number of nitrogens with zero attached hydrogens (tertiary/aromatic N) is 2. The number of aromatic hydroxyl groups is 1. The van der Waals surface area contributed by atoms with E-state index in [9.17, 15) is 19.5 Å². The maximum absolute atomic E-state index is 14.5. The summed E-state index contributed by atoms with van der Waals surface area (Å²) in [5.41, 5.74) is 3.24. The molecule has 4 N–H and O–H groups in total. The van der Waals surface area contributed by atoms with Crippen molar-refractivity contribution >= 4 is 17.8 Å². The quantitative estimate of drug-likeness (QED) is 0.149. The van der Waals surface area contributed by atoms with Crippen molar-refractivity contribution in [2.75, 3.05) is 26.2 Å². The number of hydrogen-bond donors (Lipinski definition) is 4. The van der Waals surface area contributed by atoms with Gasteiger partial charge in [-0.1, -0.05) is 100 Å². The summed E-state index contributed by atoms with van der Waals surface area (Å²) < 4.78 is 6.19. The topological polar surface area (TPSA) is 123 Å². The summed E-state index contributed by atoms with van der Waals surface area (Å²) in [7, 11) is 0. The first-order valence-corrected chi connectivity index (χ1v) is 16.2. The van der Waals surface area contributed by atoms with Gasteiger partial charge in [-0.2, -0.15) is 0 Å². The van der Waals surface area contributed by atoms with E-state index >= 15 is 0 Å². The number of amides is 4. The molecule has 0 saturated carbocycles. The lowest BCUT2D eigenvalue weighted by Crippen LogP contribution is -2.69. The Labute approximate surface area is 283 Å². The van der Waals surface area contributed by atoms with Crippen LogP contribution in [0.15, 0.2) is 98.1 Å². The number of ether oxygens (including phenoxy) is 1. The molecule has 0 aromatic heterocycles. The largest absolute Gasteiger partial charge is 0.508 e. The molecule has 0 unspecified atom stereocenters. The van der Waals surface area contributed by atoms with Gasteiger partial charge in [0, 0.05) is 31.6 Å². The molecule has 1 aliphatic rings. The van der Waals surface area contributed by atoms with Crippen LogP contribution in [0.4, 0.5) is 4.79 Å². The highest BCUT2D eigenvalue weighted by atomic mass is 16.5. The van der Waals surface area contributed by atoms with Gasteiger partial charge in [-0.05, 0) is 34.2 Å². The van der Waals surface area contributed by atoms with E-state index in [0.717, 1.165) is 22.3 Å². The Morgan fingerprint density at radius 3 is 2.38 bits per heavy atom. The number of rotatable bonds is 14. The molecular formula is C38H47N5O5. The lowest BCUT2D eigenvalue weighted by molar-refractivity contribution is -0.157. The average molecular weight is 654 g/mol. The second-order valence-electron chi connectivity index (χ2n) is 12.8. The van der Waals surface area contributed by atoms with Crippen molar-refractivity contribution in [1.82, 2.24) is 25.8 Å². The highest BCUT2D eigenvalue weighted by molar-refractivity contribution is 5.91. The summed E-state index contributed by atoms with van der Waals surface area (Å²) in [6.07, 6.45) is 2.66. The fourth-order valence-corrected chi connectivity index (χ4v) is 5.75. The summed E-state index contributed by atoms with van der Waals surface area (Å²) in [6.45, 7) is 15.0. The minimum absolute atomic E-state index is 0.0531. The number of nitrogens with one attached hydrogen (secondary N) is 3. The van der Waals surface area contributed by atoms with Crippen molar-refractivity contribution in [2.24, 2.45) is 0 Å². The number of para-hydroxylation sites is 1. The van der Waals surface area contributed by atoms with Crippen molar-refractivity contribution in [1.29, 1.82) is 0 Å². The van der Waals surface area contributed by atoms with Crippen LogP contribution < -0.4 is 20.7 Å². The zero-order valence-electron chi connectivity index (χ0n) is 28.1.